The van der Waals surface area contributed by atoms with E-state index in [0.29, 0.717) is 0 Å². The molecule has 0 aromatic heterocycles. The molecule has 0 unspecified atom stereocenters. The fraction of sp³-hybridized carbons (Fsp3) is 0.833. The molecule has 0 aliphatic heterocycles. The van der Waals surface area contributed by atoms with Gasteiger partial charge in [-0.15, -0.1) is 0 Å². The van der Waals surface area contributed by atoms with Crippen LogP contribution in [-0.4, -0.2) is 88.9 Å². The van der Waals surface area contributed by atoms with Crippen LogP contribution < -0.4 is 5.11 Å². The lowest BCUT2D eigenvalue weighted by Crippen LogP contribution is -2.38. The van der Waals surface area contributed by atoms with Gasteiger partial charge >= 0.3 is 0 Å². The van der Waals surface area contributed by atoms with Gasteiger partial charge in [0, 0.05) is 0 Å². The summed E-state index contributed by atoms with van der Waals surface area (Å²) >= 11 is 0. The lowest BCUT2D eigenvalue weighted by Gasteiger charge is -2.25. The number of quaternary nitrogens is 2. The van der Waals surface area contributed by atoms with Crippen molar-refractivity contribution in [3.8, 4) is 0 Å². The van der Waals surface area contributed by atoms with Gasteiger partial charge in [0.05, 0.1) is 66.9 Å². The average Bonchev–Trinajstić information content (AvgIpc) is 2.55. The van der Waals surface area contributed by atoms with Crippen molar-refractivity contribution >= 4 is 16.4 Å². The highest BCUT2D eigenvalue weighted by molar-refractivity contribution is 7.80. The van der Waals surface area contributed by atoms with E-state index in [9.17, 15) is 22.9 Å². The summed E-state index contributed by atoms with van der Waals surface area (Å²) in [6.07, 6.45) is 0. The van der Waals surface area contributed by atoms with Crippen LogP contribution in [-0.2, 0) is 19.4 Å². The van der Waals surface area contributed by atoms with E-state index in [-0.39, 0.29) is 12.2 Å². The number of carbonyl (C=O) groups excluding carboxylic acids is 1. The zero-order valence-corrected chi connectivity index (χ0v) is 19.8. The van der Waals surface area contributed by atoms with Crippen LogP contribution in [0.5, 0.6) is 0 Å². The normalized spacial score (nSPS) is 10.9. The van der Waals surface area contributed by atoms with Gasteiger partial charge in [0.25, 0.3) is 0 Å². The molecule has 0 N–H and O–H groups in total. The van der Waals surface area contributed by atoms with E-state index in [0.717, 1.165) is 8.97 Å². The molecule has 0 aromatic carbocycles. The number of aliphatic carboxylic acids is 1. The second-order valence-electron chi connectivity index (χ2n) is 7.02. The molecule has 0 spiro atoms. The molecule has 0 atom stereocenters. The van der Waals surface area contributed by atoms with Gasteiger partial charge in [-0.25, -0.2) is 8.42 Å². The third-order valence-electron chi connectivity index (χ3n) is 4.03. The Labute approximate surface area is 167 Å². The highest BCUT2D eigenvalue weighted by Gasteiger charge is 2.05. The van der Waals surface area contributed by atoms with Crippen molar-refractivity contribution in [2.24, 2.45) is 0 Å². The highest BCUT2D eigenvalue weighted by atomic mass is 32.3. The summed E-state index contributed by atoms with van der Waals surface area (Å²) in [5, 5.41) is 9.49. The van der Waals surface area contributed by atoms with E-state index in [1.54, 1.807) is 0 Å². The molecule has 0 bridgehead atoms. The largest absolute Gasteiger partial charge is 0.726 e. The molecule has 0 rings (SSSR count). The van der Waals surface area contributed by atoms with Crippen molar-refractivity contribution in [1.29, 1.82) is 0 Å². The second-order valence-corrected chi connectivity index (χ2v) is 8.07. The van der Waals surface area contributed by atoms with Crippen LogP contribution in [0.25, 0.3) is 0 Å². The van der Waals surface area contributed by atoms with Crippen molar-refractivity contribution in [1.82, 2.24) is 0 Å². The molecular weight excluding hydrogens is 372 g/mol. The molecule has 0 aromatic rings. The lowest BCUT2D eigenvalue weighted by molar-refractivity contribution is -0.886. The molecule has 0 saturated heterocycles. The zero-order valence-electron chi connectivity index (χ0n) is 19.0. The third-order valence-corrected chi connectivity index (χ3v) is 4.56. The molecule has 27 heavy (non-hydrogen) atoms. The van der Waals surface area contributed by atoms with Crippen LogP contribution in [0, 0.1) is 0 Å². The van der Waals surface area contributed by atoms with Crippen LogP contribution in [0.15, 0.2) is 12.2 Å². The van der Waals surface area contributed by atoms with Crippen LogP contribution in [0.2, 0.25) is 0 Å². The fourth-order valence-corrected chi connectivity index (χ4v) is 0.880. The fourth-order valence-electron chi connectivity index (χ4n) is 0.592. The molecule has 166 valence electrons. The van der Waals surface area contributed by atoms with Gasteiger partial charge in [-0.05, 0) is 47.1 Å². The van der Waals surface area contributed by atoms with Crippen molar-refractivity contribution in [2.45, 2.75) is 41.5 Å². The number of nitrogens with zero attached hydrogens (tertiary/aromatic N) is 2. The maximum absolute atomic E-state index is 9.49. The molecule has 8 nitrogen and oxygen atoms in total. The Morgan fingerprint density at radius 1 is 0.889 bits per heavy atom. The van der Waals surface area contributed by atoms with Crippen LogP contribution in [0.1, 0.15) is 41.5 Å². The summed E-state index contributed by atoms with van der Waals surface area (Å²) in [6, 6.07) is 0. The average molecular weight is 415 g/mol. The van der Waals surface area contributed by atoms with Crippen molar-refractivity contribution in [2.75, 3.05) is 61.0 Å². The number of carboxylic acid groups (broad SMARTS) is 1. The SMILES string of the molecule is C=C(C)C(=O)[O-].CCOS(=O)(=O)[O-].CC[N+](C)(C)CC.CC[N+](C)(C)CC. The molecule has 0 heterocycles. The number of hydrogen-bond donors (Lipinski definition) is 0. The zero-order chi connectivity index (χ0) is 22.9. The van der Waals surface area contributed by atoms with Crippen molar-refractivity contribution in [3.63, 3.8) is 0 Å². The predicted octanol–water partition coefficient (Wildman–Crippen LogP) is 1.00. The maximum Gasteiger partial charge on any atom is 0.217 e. The smallest absolute Gasteiger partial charge is 0.217 e. The van der Waals surface area contributed by atoms with Gasteiger partial charge in [-0.1, -0.05) is 6.58 Å². The number of rotatable bonds is 7. The van der Waals surface area contributed by atoms with Gasteiger partial charge in [0.15, 0.2) is 0 Å². The third kappa shape index (κ3) is 36.6. The van der Waals surface area contributed by atoms with Gasteiger partial charge in [-0.2, -0.15) is 0 Å². The Morgan fingerprint density at radius 2 is 1.11 bits per heavy atom. The first kappa shape index (κ1) is 33.6. The molecule has 0 saturated carbocycles. The summed E-state index contributed by atoms with van der Waals surface area (Å²) < 4.78 is 34.3. The van der Waals surface area contributed by atoms with Gasteiger partial charge in [0.1, 0.15) is 0 Å². The molecular formula is C18H42N2O6S. The van der Waals surface area contributed by atoms with Gasteiger partial charge < -0.3 is 23.4 Å². The Hall–Kier alpha value is -1.00. The Balaban J connectivity index is -0.000000131. The van der Waals surface area contributed by atoms with E-state index in [2.05, 4.69) is 66.6 Å². The minimum Gasteiger partial charge on any atom is -0.726 e. The summed E-state index contributed by atoms with van der Waals surface area (Å²) in [7, 11) is 4.52. The summed E-state index contributed by atoms with van der Waals surface area (Å²) in [5.74, 6) is -1.19. The minimum absolute atomic E-state index is 0.0648. The minimum atomic E-state index is -4.42. The molecule has 0 aliphatic rings. The summed E-state index contributed by atoms with van der Waals surface area (Å²) in [6.45, 7) is 19.6. The van der Waals surface area contributed by atoms with E-state index >= 15 is 0 Å². The standard InChI is InChI=1S/2C6H16N.C4H6O2.C2H6O4S/c2*1-5-7(3,4)6-2;1-3(2)4(5)6;1-2-6-7(3,4)5/h2*5-6H2,1-4H3;1H2,2H3,(H,5,6);2H2,1H3,(H,3,4,5)/q2*+1;;/p-2. The van der Waals surface area contributed by atoms with E-state index in [1.165, 1.54) is 40.0 Å². The molecule has 0 fully saturated rings. The van der Waals surface area contributed by atoms with Crippen molar-refractivity contribution in [3.05, 3.63) is 12.2 Å². The highest BCUT2D eigenvalue weighted by Crippen LogP contribution is 1.92. The maximum atomic E-state index is 9.49. The van der Waals surface area contributed by atoms with Gasteiger partial charge in [-0.3, -0.25) is 4.18 Å². The predicted molar refractivity (Wildman–Crippen MR) is 108 cm³/mol. The lowest BCUT2D eigenvalue weighted by atomic mass is 10.4. The first-order chi connectivity index (χ1) is 11.9. The summed E-state index contributed by atoms with van der Waals surface area (Å²) in [5.41, 5.74) is 0.0648. The number of hydrogen-bond acceptors (Lipinski definition) is 6. The molecule has 0 aliphatic carbocycles. The number of carbonyl (C=O) groups is 1. The molecule has 9 heteroatoms. The van der Waals surface area contributed by atoms with Gasteiger partial charge in [0.2, 0.25) is 10.4 Å². The Bertz CT molecular complexity index is 448. The van der Waals surface area contributed by atoms with Crippen LogP contribution in [0.3, 0.4) is 0 Å². The Kier molecular flexibility index (Phi) is 21.3. The Morgan fingerprint density at radius 3 is 1.11 bits per heavy atom. The van der Waals surface area contributed by atoms with Crippen molar-refractivity contribution < 1.29 is 36.0 Å². The molecule has 0 radical (unpaired) electrons. The van der Waals surface area contributed by atoms with E-state index < -0.39 is 16.4 Å². The van der Waals surface area contributed by atoms with Crippen LogP contribution in [0.4, 0.5) is 0 Å². The first-order valence-electron chi connectivity index (χ1n) is 9.06. The first-order valence-corrected chi connectivity index (χ1v) is 10.4. The van der Waals surface area contributed by atoms with E-state index in [4.69, 9.17) is 0 Å². The topological polar surface area (TPSA) is 107 Å². The monoisotopic (exact) mass is 414 g/mol. The van der Waals surface area contributed by atoms with Crippen LogP contribution >= 0.6 is 0 Å². The quantitative estimate of drug-likeness (QED) is 0.266. The van der Waals surface area contributed by atoms with E-state index in [1.807, 2.05) is 0 Å². The number of carboxylic acids is 1. The second kappa shape index (κ2) is 17.1. The summed E-state index contributed by atoms with van der Waals surface area (Å²) in [4.78, 5) is 9.49. The molecule has 0 amide bonds.